The molecule has 0 bridgehead atoms. The minimum Gasteiger partial charge on any atom is -0.296 e. The second-order valence-electron chi connectivity index (χ2n) is 8.72. The van der Waals surface area contributed by atoms with E-state index in [9.17, 15) is 4.39 Å². The number of benzene rings is 2. The maximum Gasteiger partial charge on any atom is 0.107 e. The second kappa shape index (κ2) is 14.0. The summed E-state index contributed by atoms with van der Waals surface area (Å²) < 4.78 is 14.2. The molecule has 1 saturated carbocycles. The van der Waals surface area contributed by atoms with Crippen molar-refractivity contribution in [3.05, 3.63) is 71.3 Å². The van der Waals surface area contributed by atoms with Crippen LogP contribution in [0.25, 0.3) is 0 Å². The van der Waals surface area contributed by atoms with E-state index in [1.165, 1.54) is 36.5 Å². The molecule has 31 heavy (non-hydrogen) atoms. The van der Waals surface area contributed by atoms with Crippen molar-refractivity contribution >= 4 is 0 Å². The Morgan fingerprint density at radius 3 is 2.29 bits per heavy atom. The van der Waals surface area contributed by atoms with Crippen LogP contribution in [0.3, 0.4) is 0 Å². The lowest BCUT2D eigenvalue weighted by atomic mass is 9.82. The topological polar surface area (TPSA) is 27.0 Å². The highest BCUT2D eigenvalue weighted by Crippen LogP contribution is 2.35. The van der Waals surface area contributed by atoms with E-state index in [2.05, 4.69) is 73.3 Å². The van der Waals surface area contributed by atoms with E-state index in [1.807, 2.05) is 0 Å². The predicted molar refractivity (Wildman–Crippen MR) is 129 cm³/mol. The van der Waals surface area contributed by atoms with E-state index in [-0.39, 0.29) is 5.92 Å². The summed E-state index contributed by atoms with van der Waals surface area (Å²) in [6.45, 7) is 8.19. The van der Waals surface area contributed by atoms with Crippen molar-refractivity contribution < 1.29 is 4.39 Å². The van der Waals surface area contributed by atoms with E-state index in [1.54, 1.807) is 6.07 Å². The first kappa shape index (κ1) is 25.1. The van der Waals surface area contributed by atoms with Crippen molar-refractivity contribution in [3.8, 4) is 6.07 Å². The van der Waals surface area contributed by atoms with Gasteiger partial charge in [0, 0.05) is 25.4 Å². The van der Waals surface area contributed by atoms with Crippen LogP contribution in [-0.2, 0) is 13.0 Å². The molecule has 0 spiro atoms. The van der Waals surface area contributed by atoms with Crippen LogP contribution in [-0.4, -0.2) is 23.7 Å². The Balaban J connectivity index is 0.00000107. The molecule has 3 rings (SSSR count). The maximum atomic E-state index is 14.2. The monoisotopic (exact) mass is 422 g/mol. The molecule has 0 amide bonds. The molecule has 0 radical (unpaired) electrons. The highest BCUT2D eigenvalue weighted by atomic mass is 19.1. The molecule has 3 unspecified atom stereocenters. The molecule has 0 heterocycles. The van der Waals surface area contributed by atoms with Gasteiger partial charge >= 0.3 is 0 Å². The predicted octanol–water partition coefficient (Wildman–Crippen LogP) is 7.45. The van der Waals surface area contributed by atoms with Gasteiger partial charge in [0.2, 0.25) is 0 Å². The Morgan fingerprint density at radius 2 is 1.68 bits per heavy atom. The van der Waals surface area contributed by atoms with Gasteiger partial charge in [0.25, 0.3) is 0 Å². The fourth-order valence-corrected chi connectivity index (χ4v) is 4.51. The van der Waals surface area contributed by atoms with E-state index >= 15 is 0 Å². The summed E-state index contributed by atoms with van der Waals surface area (Å²) in [7, 11) is 0. The van der Waals surface area contributed by atoms with Crippen LogP contribution in [0.5, 0.6) is 0 Å². The van der Waals surface area contributed by atoms with Crippen molar-refractivity contribution in [3.63, 3.8) is 0 Å². The second-order valence-corrected chi connectivity index (χ2v) is 8.72. The first-order chi connectivity index (χ1) is 15.1. The quantitative estimate of drug-likeness (QED) is 0.420. The molecule has 168 valence electrons. The van der Waals surface area contributed by atoms with E-state index in [0.29, 0.717) is 6.04 Å². The van der Waals surface area contributed by atoms with Crippen LogP contribution in [0.2, 0.25) is 0 Å². The summed E-state index contributed by atoms with van der Waals surface area (Å²) in [5, 5.41) is 7.32. The molecule has 3 heteroatoms. The Hall–Kier alpha value is -2.18. The molecule has 0 aliphatic heterocycles. The number of hydrogen-bond donors (Lipinski definition) is 0. The zero-order valence-electron chi connectivity index (χ0n) is 19.6. The molecule has 3 atom stereocenters. The van der Waals surface area contributed by atoms with Gasteiger partial charge in [0.1, 0.15) is 6.17 Å². The molecular weight excluding hydrogens is 383 g/mol. The Morgan fingerprint density at radius 1 is 1.03 bits per heavy atom. The summed E-state index contributed by atoms with van der Waals surface area (Å²) >= 11 is 0. The van der Waals surface area contributed by atoms with Gasteiger partial charge in [-0.05, 0) is 62.3 Å². The summed E-state index contributed by atoms with van der Waals surface area (Å²) in [5.41, 5.74) is 3.96. The minimum absolute atomic E-state index is 0.118. The zero-order valence-corrected chi connectivity index (χ0v) is 19.6. The fraction of sp³-hybridized carbons (Fsp3) is 0.536. The summed E-state index contributed by atoms with van der Waals surface area (Å²) in [6.07, 6.45) is 6.71. The molecule has 1 fully saturated rings. The van der Waals surface area contributed by atoms with Crippen LogP contribution in [0.4, 0.5) is 4.39 Å². The number of alkyl halides is 1. The van der Waals surface area contributed by atoms with Gasteiger partial charge in [-0.1, -0.05) is 74.4 Å². The Labute approximate surface area is 189 Å². The van der Waals surface area contributed by atoms with Gasteiger partial charge < -0.3 is 0 Å². The van der Waals surface area contributed by atoms with E-state index < -0.39 is 6.17 Å². The first-order valence-electron chi connectivity index (χ1n) is 11.9. The number of nitrogens with zero attached hydrogens (tertiary/aromatic N) is 2. The average Bonchev–Trinajstić information content (AvgIpc) is 2.79. The number of nitriles is 1. The first-order valence-corrected chi connectivity index (χ1v) is 11.9. The van der Waals surface area contributed by atoms with Crippen molar-refractivity contribution in [1.82, 2.24) is 4.90 Å². The maximum absolute atomic E-state index is 14.2. The van der Waals surface area contributed by atoms with Gasteiger partial charge in [-0.3, -0.25) is 4.90 Å². The number of rotatable bonds is 9. The largest absolute Gasteiger partial charge is 0.296 e. The van der Waals surface area contributed by atoms with Crippen LogP contribution in [0.15, 0.2) is 54.6 Å². The number of hydrogen-bond acceptors (Lipinski definition) is 2. The molecule has 0 aromatic heterocycles. The molecule has 1 aliphatic carbocycles. The van der Waals surface area contributed by atoms with Gasteiger partial charge in [-0.25, -0.2) is 4.39 Å². The van der Waals surface area contributed by atoms with Crippen LogP contribution in [0.1, 0.15) is 81.9 Å². The third-order valence-electron chi connectivity index (χ3n) is 6.30. The molecule has 2 nitrogen and oxygen atoms in total. The lowest BCUT2D eigenvalue weighted by Gasteiger charge is -2.29. The van der Waals surface area contributed by atoms with E-state index in [4.69, 9.17) is 5.26 Å². The highest BCUT2D eigenvalue weighted by Gasteiger charge is 2.25. The normalized spacial score (nSPS) is 19.2. The van der Waals surface area contributed by atoms with E-state index in [0.717, 1.165) is 45.2 Å². The van der Waals surface area contributed by atoms with Gasteiger partial charge in [-0.15, -0.1) is 0 Å². The lowest BCUT2D eigenvalue weighted by molar-refractivity contribution is 0.191. The van der Waals surface area contributed by atoms with Crippen LogP contribution in [0, 0.1) is 11.3 Å². The smallest absolute Gasteiger partial charge is 0.107 e. The molecule has 2 aromatic carbocycles. The Bertz CT molecular complexity index is 766. The molecule has 0 N–H and O–H groups in total. The van der Waals surface area contributed by atoms with Gasteiger partial charge in [0.15, 0.2) is 0 Å². The van der Waals surface area contributed by atoms with Gasteiger partial charge in [-0.2, -0.15) is 5.26 Å². The summed E-state index contributed by atoms with van der Waals surface area (Å²) in [4.78, 5) is 2.60. The van der Waals surface area contributed by atoms with Crippen molar-refractivity contribution in [1.29, 1.82) is 5.26 Å². The van der Waals surface area contributed by atoms with Crippen molar-refractivity contribution in [2.75, 3.05) is 6.54 Å². The lowest BCUT2D eigenvalue weighted by Crippen LogP contribution is -2.33. The summed E-state index contributed by atoms with van der Waals surface area (Å²) in [6, 6.07) is 21.9. The zero-order chi connectivity index (χ0) is 22.5. The molecule has 0 saturated heterocycles. The third kappa shape index (κ3) is 8.46. The highest BCUT2D eigenvalue weighted by molar-refractivity contribution is 5.27. The number of aryl methyl sites for hydroxylation is 1. The molecule has 2 aromatic rings. The minimum atomic E-state index is -0.653. The Kier molecular flexibility index (Phi) is 11.3. The third-order valence-corrected chi connectivity index (χ3v) is 6.30. The van der Waals surface area contributed by atoms with Crippen LogP contribution >= 0.6 is 0 Å². The fourth-order valence-electron chi connectivity index (χ4n) is 4.51. The molecular formula is C28H39FN2. The standard InChI is InChI=1S/C26H36FN.C2H3N/c1-3-19-28(20-23-9-5-4-6-10-23)21(2)13-14-22-15-17-24(18-16-22)25-11-7-8-12-26(25)27;1-2-3/h4-6,9-10,15-18,21,25-26H,3,7-8,11-14,19-20H2,1-2H3;1H3. The average molecular weight is 423 g/mol. The SMILES string of the molecule is CC#N.CCCN(Cc1ccccc1)C(C)CCc1ccc(C2CCCCC2F)cc1. The van der Waals surface area contributed by atoms with Crippen molar-refractivity contribution in [2.24, 2.45) is 0 Å². The van der Waals surface area contributed by atoms with Gasteiger partial charge in [0.05, 0.1) is 6.07 Å². The summed E-state index contributed by atoms with van der Waals surface area (Å²) in [5.74, 6) is 0.118. The van der Waals surface area contributed by atoms with Crippen molar-refractivity contribution in [2.45, 2.75) is 90.4 Å². The molecule has 1 aliphatic rings. The number of halogens is 1. The van der Waals surface area contributed by atoms with Crippen LogP contribution < -0.4 is 0 Å².